The maximum Gasteiger partial charge on any atom is 0.307 e. The molecule has 0 saturated heterocycles. The highest BCUT2D eigenvalue weighted by Gasteiger charge is 2.06. The standard InChI is InChI=1S/C10H13NO2/c1-2-7-4-3-5-8(10(7)11)6-9(12)13/h3-5H,2,6,11H2,1H3,(H,12,13). The zero-order valence-electron chi connectivity index (χ0n) is 7.58. The van der Waals surface area contributed by atoms with E-state index in [4.69, 9.17) is 10.8 Å². The maximum absolute atomic E-state index is 10.5. The molecule has 3 N–H and O–H groups in total. The highest BCUT2D eigenvalue weighted by atomic mass is 16.4. The van der Waals surface area contributed by atoms with Crippen LogP contribution in [0.5, 0.6) is 0 Å². The molecule has 0 atom stereocenters. The van der Waals surface area contributed by atoms with Gasteiger partial charge in [-0.05, 0) is 17.5 Å². The summed E-state index contributed by atoms with van der Waals surface area (Å²) in [6, 6.07) is 5.51. The number of benzene rings is 1. The molecule has 3 nitrogen and oxygen atoms in total. The normalized spacial score (nSPS) is 9.92. The monoisotopic (exact) mass is 179 g/mol. The van der Waals surface area contributed by atoms with Crippen LogP contribution in [0.15, 0.2) is 18.2 Å². The molecule has 3 heteroatoms. The third-order valence-corrected chi connectivity index (χ3v) is 2.01. The molecule has 70 valence electrons. The Balaban J connectivity index is 3.01. The molecule has 0 bridgehead atoms. The number of nitrogens with two attached hydrogens (primary N) is 1. The van der Waals surface area contributed by atoms with Gasteiger partial charge in [0.2, 0.25) is 0 Å². The lowest BCUT2D eigenvalue weighted by Gasteiger charge is -2.07. The van der Waals surface area contributed by atoms with Crippen molar-refractivity contribution in [3.8, 4) is 0 Å². The van der Waals surface area contributed by atoms with E-state index >= 15 is 0 Å². The second-order valence-electron chi connectivity index (χ2n) is 2.91. The number of aliphatic carboxylic acids is 1. The van der Waals surface area contributed by atoms with Crippen molar-refractivity contribution in [1.29, 1.82) is 0 Å². The molecule has 0 aromatic heterocycles. The van der Waals surface area contributed by atoms with Crippen LogP contribution in [0.2, 0.25) is 0 Å². The molecule has 1 rings (SSSR count). The molecule has 0 aliphatic heterocycles. The van der Waals surface area contributed by atoms with Gasteiger partial charge in [-0.2, -0.15) is 0 Å². The number of aryl methyl sites for hydroxylation is 1. The maximum atomic E-state index is 10.5. The fraction of sp³-hybridized carbons (Fsp3) is 0.300. The Morgan fingerprint density at radius 1 is 1.46 bits per heavy atom. The Kier molecular flexibility index (Phi) is 2.90. The average Bonchev–Trinajstić information content (AvgIpc) is 2.08. The number of rotatable bonds is 3. The minimum atomic E-state index is -0.847. The second kappa shape index (κ2) is 3.94. The van der Waals surface area contributed by atoms with E-state index in [0.29, 0.717) is 11.3 Å². The van der Waals surface area contributed by atoms with Gasteiger partial charge in [-0.1, -0.05) is 25.1 Å². The molecule has 0 heterocycles. The van der Waals surface area contributed by atoms with Crippen molar-refractivity contribution in [3.63, 3.8) is 0 Å². The van der Waals surface area contributed by atoms with Crippen LogP contribution in [0.4, 0.5) is 5.69 Å². The molecule has 1 aromatic carbocycles. The minimum Gasteiger partial charge on any atom is -0.481 e. The second-order valence-corrected chi connectivity index (χ2v) is 2.91. The van der Waals surface area contributed by atoms with Crippen molar-refractivity contribution in [3.05, 3.63) is 29.3 Å². The zero-order chi connectivity index (χ0) is 9.84. The Hall–Kier alpha value is -1.51. The Morgan fingerprint density at radius 3 is 2.62 bits per heavy atom. The Morgan fingerprint density at radius 2 is 2.08 bits per heavy atom. The van der Waals surface area contributed by atoms with E-state index in [0.717, 1.165) is 12.0 Å². The lowest BCUT2D eigenvalue weighted by atomic mass is 10.0. The summed E-state index contributed by atoms with van der Waals surface area (Å²) >= 11 is 0. The van der Waals surface area contributed by atoms with Gasteiger partial charge in [0.1, 0.15) is 0 Å². The van der Waals surface area contributed by atoms with Gasteiger partial charge >= 0.3 is 5.97 Å². The van der Waals surface area contributed by atoms with E-state index in [2.05, 4.69) is 0 Å². The van der Waals surface area contributed by atoms with Crippen molar-refractivity contribution in [2.45, 2.75) is 19.8 Å². The van der Waals surface area contributed by atoms with E-state index in [9.17, 15) is 4.79 Å². The van der Waals surface area contributed by atoms with Gasteiger partial charge in [0.15, 0.2) is 0 Å². The third kappa shape index (κ3) is 2.21. The van der Waals surface area contributed by atoms with Crippen molar-refractivity contribution in [1.82, 2.24) is 0 Å². The summed E-state index contributed by atoms with van der Waals surface area (Å²) in [6.45, 7) is 2.00. The third-order valence-electron chi connectivity index (χ3n) is 2.01. The summed E-state index contributed by atoms with van der Waals surface area (Å²) in [5.74, 6) is -0.847. The van der Waals surface area contributed by atoms with Crippen molar-refractivity contribution in [2.75, 3.05) is 5.73 Å². The molecule has 0 unspecified atom stereocenters. The number of carboxylic acid groups (broad SMARTS) is 1. The number of carboxylic acids is 1. The lowest BCUT2D eigenvalue weighted by molar-refractivity contribution is -0.136. The number of carbonyl (C=O) groups is 1. The van der Waals surface area contributed by atoms with Crippen LogP contribution in [-0.2, 0) is 17.6 Å². The van der Waals surface area contributed by atoms with Crippen LogP contribution >= 0.6 is 0 Å². The number of hydrogen-bond acceptors (Lipinski definition) is 2. The molecule has 0 aliphatic rings. The predicted molar refractivity (Wildman–Crippen MR) is 51.6 cm³/mol. The van der Waals surface area contributed by atoms with Gasteiger partial charge in [0, 0.05) is 5.69 Å². The largest absolute Gasteiger partial charge is 0.481 e. The molecule has 0 aliphatic carbocycles. The zero-order valence-corrected chi connectivity index (χ0v) is 7.58. The summed E-state index contributed by atoms with van der Waals surface area (Å²) in [5.41, 5.74) is 8.11. The fourth-order valence-electron chi connectivity index (χ4n) is 1.29. The average molecular weight is 179 g/mol. The lowest BCUT2D eigenvalue weighted by Crippen LogP contribution is -2.05. The molecular formula is C10H13NO2. The first-order valence-corrected chi connectivity index (χ1v) is 4.23. The van der Waals surface area contributed by atoms with Gasteiger partial charge in [-0.25, -0.2) is 0 Å². The first-order chi connectivity index (χ1) is 6.15. The van der Waals surface area contributed by atoms with Crippen LogP contribution in [0.3, 0.4) is 0 Å². The summed E-state index contributed by atoms with van der Waals surface area (Å²) < 4.78 is 0. The van der Waals surface area contributed by atoms with Crippen LogP contribution < -0.4 is 5.73 Å². The molecule has 0 saturated carbocycles. The highest BCUT2D eigenvalue weighted by molar-refractivity contribution is 5.73. The van der Waals surface area contributed by atoms with Crippen LogP contribution in [0, 0.1) is 0 Å². The van der Waals surface area contributed by atoms with E-state index < -0.39 is 5.97 Å². The summed E-state index contributed by atoms with van der Waals surface area (Å²) in [5, 5.41) is 8.60. The quantitative estimate of drug-likeness (QED) is 0.690. The number of anilines is 1. The van der Waals surface area contributed by atoms with E-state index in [1.54, 1.807) is 6.07 Å². The van der Waals surface area contributed by atoms with Gasteiger partial charge in [-0.15, -0.1) is 0 Å². The fourth-order valence-corrected chi connectivity index (χ4v) is 1.29. The van der Waals surface area contributed by atoms with Crippen LogP contribution in [0.1, 0.15) is 18.1 Å². The number of para-hydroxylation sites is 1. The number of nitrogen functional groups attached to an aromatic ring is 1. The first kappa shape index (κ1) is 9.58. The first-order valence-electron chi connectivity index (χ1n) is 4.23. The summed E-state index contributed by atoms with van der Waals surface area (Å²) in [4.78, 5) is 10.5. The van der Waals surface area contributed by atoms with E-state index in [1.807, 2.05) is 19.1 Å². The smallest absolute Gasteiger partial charge is 0.307 e. The van der Waals surface area contributed by atoms with Crippen molar-refractivity contribution < 1.29 is 9.90 Å². The van der Waals surface area contributed by atoms with Gasteiger partial charge < -0.3 is 10.8 Å². The molecular weight excluding hydrogens is 166 g/mol. The van der Waals surface area contributed by atoms with Crippen molar-refractivity contribution in [2.24, 2.45) is 0 Å². The molecule has 0 fully saturated rings. The van der Waals surface area contributed by atoms with Gasteiger partial charge in [0.05, 0.1) is 6.42 Å². The molecule has 0 spiro atoms. The van der Waals surface area contributed by atoms with E-state index in [-0.39, 0.29) is 6.42 Å². The van der Waals surface area contributed by atoms with Crippen LogP contribution in [0.25, 0.3) is 0 Å². The van der Waals surface area contributed by atoms with E-state index in [1.165, 1.54) is 0 Å². The summed E-state index contributed by atoms with van der Waals surface area (Å²) in [7, 11) is 0. The SMILES string of the molecule is CCc1cccc(CC(=O)O)c1N. The van der Waals surface area contributed by atoms with Crippen molar-refractivity contribution >= 4 is 11.7 Å². The summed E-state index contributed by atoms with van der Waals surface area (Å²) in [6.07, 6.45) is 0.832. The Bertz CT molecular complexity index is 321. The predicted octanol–water partition coefficient (Wildman–Crippen LogP) is 1.46. The molecule has 0 radical (unpaired) electrons. The molecule has 1 aromatic rings. The number of hydrogen-bond donors (Lipinski definition) is 2. The van der Waals surface area contributed by atoms with Gasteiger partial charge in [0.25, 0.3) is 0 Å². The topological polar surface area (TPSA) is 63.3 Å². The minimum absolute atomic E-state index is 0.000324. The van der Waals surface area contributed by atoms with Gasteiger partial charge in [-0.3, -0.25) is 4.79 Å². The molecule has 13 heavy (non-hydrogen) atoms. The molecule has 0 amide bonds. The highest BCUT2D eigenvalue weighted by Crippen LogP contribution is 2.18. The Labute approximate surface area is 77.2 Å². The van der Waals surface area contributed by atoms with Crippen LogP contribution in [-0.4, -0.2) is 11.1 Å².